The van der Waals surface area contributed by atoms with E-state index in [4.69, 9.17) is 0 Å². The highest BCUT2D eigenvalue weighted by molar-refractivity contribution is 8.03. The summed E-state index contributed by atoms with van der Waals surface area (Å²) in [7, 11) is 2.00. The maximum absolute atomic E-state index is 11.8. The third-order valence-corrected chi connectivity index (χ3v) is 3.60. The Morgan fingerprint density at radius 1 is 1.38 bits per heavy atom. The first-order valence-corrected chi connectivity index (χ1v) is 6.01. The van der Waals surface area contributed by atoms with Crippen molar-refractivity contribution < 1.29 is 4.79 Å². The van der Waals surface area contributed by atoms with Crippen LogP contribution in [0, 0.1) is 0 Å². The SMILES string of the molecule is CC1SC(NC(=O)c2ccccc2)=CN1C. The maximum Gasteiger partial charge on any atom is 0.256 e. The second-order valence-electron chi connectivity index (χ2n) is 3.70. The third-order valence-electron chi connectivity index (χ3n) is 2.46. The molecule has 1 atom stereocenters. The number of amides is 1. The molecule has 0 saturated carbocycles. The summed E-state index contributed by atoms with van der Waals surface area (Å²) < 4.78 is 0. The minimum absolute atomic E-state index is 0.0538. The van der Waals surface area contributed by atoms with Gasteiger partial charge in [0.25, 0.3) is 5.91 Å². The average Bonchev–Trinajstić information content (AvgIpc) is 2.59. The van der Waals surface area contributed by atoms with Crippen LogP contribution in [0.1, 0.15) is 17.3 Å². The minimum Gasteiger partial charge on any atom is -0.366 e. The number of carbonyl (C=O) groups excluding carboxylic acids is 1. The van der Waals surface area contributed by atoms with E-state index in [1.165, 1.54) is 0 Å². The van der Waals surface area contributed by atoms with Gasteiger partial charge in [-0.1, -0.05) is 30.0 Å². The van der Waals surface area contributed by atoms with Gasteiger partial charge in [-0.25, -0.2) is 0 Å². The molecule has 84 valence electrons. The smallest absolute Gasteiger partial charge is 0.256 e. The van der Waals surface area contributed by atoms with Crippen molar-refractivity contribution >= 4 is 17.7 Å². The quantitative estimate of drug-likeness (QED) is 0.851. The van der Waals surface area contributed by atoms with Crippen molar-refractivity contribution in [2.75, 3.05) is 7.05 Å². The summed E-state index contributed by atoms with van der Waals surface area (Å²) in [6.07, 6.45) is 1.95. The molecule has 0 aromatic heterocycles. The number of thioether (sulfide) groups is 1. The molecule has 0 saturated heterocycles. The lowest BCUT2D eigenvalue weighted by Crippen LogP contribution is -2.20. The molecular formula is C12H14N2OS. The molecule has 0 radical (unpaired) electrons. The highest BCUT2D eigenvalue weighted by Crippen LogP contribution is 2.29. The first-order chi connectivity index (χ1) is 7.66. The fourth-order valence-electron chi connectivity index (χ4n) is 1.42. The molecule has 0 spiro atoms. The van der Waals surface area contributed by atoms with Crippen LogP contribution in [-0.4, -0.2) is 23.2 Å². The van der Waals surface area contributed by atoms with Gasteiger partial charge in [0, 0.05) is 18.8 Å². The Morgan fingerprint density at radius 2 is 2.06 bits per heavy atom. The van der Waals surface area contributed by atoms with Crippen LogP contribution >= 0.6 is 11.8 Å². The Hall–Kier alpha value is -1.42. The van der Waals surface area contributed by atoms with Gasteiger partial charge < -0.3 is 10.2 Å². The van der Waals surface area contributed by atoms with Gasteiger partial charge >= 0.3 is 0 Å². The van der Waals surface area contributed by atoms with Crippen LogP contribution in [0.4, 0.5) is 0 Å². The summed E-state index contributed by atoms with van der Waals surface area (Å²) in [6.45, 7) is 2.10. The largest absolute Gasteiger partial charge is 0.366 e. The van der Waals surface area contributed by atoms with E-state index < -0.39 is 0 Å². The first kappa shape index (κ1) is 11.1. The summed E-state index contributed by atoms with van der Waals surface area (Å²) in [5, 5.41) is 4.19. The Morgan fingerprint density at radius 3 is 2.62 bits per heavy atom. The molecule has 1 N–H and O–H groups in total. The lowest BCUT2D eigenvalue weighted by Gasteiger charge is -2.12. The summed E-state index contributed by atoms with van der Waals surface area (Å²) in [6, 6.07) is 9.24. The normalized spacial score (nSPS) is 19.5. The Labute approximate surface area is 99.5 Å². The molecule has 1 amide bonds. The summed E-state index contributed by atoms with van der Waals surface area (Å²) in [5.41, 5.74) is 0.686. The monoisotopic (exact) mass is 234 g/mol. The van der Waals surface area contributed by atoms with E-state index in [-0.39, 0.29) is 5.91 Å². The van der Waals surface area contributed by atoms with Crippen molar-refractivity contribution in [1.82, 2.24) is 10.2 Å². The predicted octanol–water partition coefficient (Wildman–Crippen LogP) is 2.24. The van der Waals surface area contributed by atoms with Gasteiger partial charge in [0.15, 0.2) is 0 Å². The number of rotatable bonds is 2. The van der Waals surface area contributed by atoms with Crippen molar-refractivity contribution in [2.24, 2.45) is 0 Å². The molecule has 0 fully saturated rings. The summed E-state index contributed by atoms with van der Waals surface area (Å²) in [4.78, 5) is 13.9. The molecule has 1 unspecified atom stereocenters. The van der Waals surface area contributed by atoms with Crippen molar-refractivity contribution in [3.8, 4) is 0 Å². The van der Waals surface area contributed by atoms with E-state index in [1.54, 1.807) is 11.8 Å². The number of carbonyl (C=O) groups is 1. The van der Waals surface area contributed by atoms with Crippen molar-refractivity contribution in [3.63, 3.8) is 0 Å². The van der Waals surface area contributed by atoms with Gasteiger partial charge in [-0.05, 0) is 19.1 Å². The zero-order valence-electron chi connectivity index (χ0n) is 9.31. The molecule has 1 heterocycles. The third kappa shape index (κ3) is 2.39. The van der Waals surface area contributed by atoms with Crippen LogP contribution in [0.5, 0.6) is 0 Å². The Kier molecular flexibility index (Phi) is 3.19. The van der Waals surface area contributed by atoms with E-state index in [0.717, 1.165) is 5.03 Å². The van der Waals surface area contributed by atoms with Gasteiger partial charge in [-0.3, -0.25) is 4.79 Å². The molecule has 0 bridgehead atoms. The van der Waals surface area contributed by atoms with Crippen molar-refractivity contribution in [3.05, 3.63) is 47.1 Å². The molecular weight excluding hydrogens is 220 g/mol. The lowest BCUT2D eigenvalue weighted by molar-refractivity contribution is 0.0968. The number of benzene rings is 1. The highest BCUT2D eigenvalue weighted by Gasteiger charge is 2.19. The molecule has 4 heteroatoms. The second kappa shape index (κ2) is 4.61. The first-order valence-electron chi connectivity index (χ1n) is 5.13. The number of hydrogen-bond acceptors (Lipinski definition) is 3. The van der Waals surface area contributed by atoms with Crippen molar-refractivity contribution in [2.45, 2.75) is 12.3 Å². The minimum atomic E-state index is -0.0538. The molecule has 1 aromatic carbocycles. The average molecular weight is 234 g/mol. The summed E-state index contributed by atoms with van der Waals surface area (Å²) >= 11 is 1.65. The number of nitrogens with zero attached hydrogens (tertiary/aromatic N) is 1. The Balaban J connectivity index is 2.02. The van der Waals surface area contributed by atoms with E-state index >= 15 is 0 Å². The molecule has 0 aliphatic carbocycles. The Bertz CT molecular complexity index is 416. The van der Waals surface area contributed by atoms with Crippen LogP contribution in [0.15, 0.2) is 41.6 Å². The predicted molar refractivity (Wildman–Crippen MR) is 66.8 cm³/mol. The standard InChI is InChI=1S/C12H14N2OS/c1-9-14(2)8-11(16-9)13-12(15)10-6-4-3-5-7-10/h3-9H,1-2H3,(H,13,15). The van der Waals surface area contributed by atoms with Gasteiger partial charge in [0.1, 0.15) is 0 Å². The maximum atomic E-state index is 11.8. The highest BCUT2D eigenvalue weighted by atomic mass is 32.2. The number of hydrogen-bond donors (Lipinski definition) is 1. The fraction of sp³-hybridized carbons (Fsp3) is 0.250. The van der Waals surface area contributed by atoms with E-state index in [0.29, 0.717) is 10.9 Å². The van der Waals surface area contributed by atoms with E-state index in [9.17, 15) is 4.79 Å². The van der Waals surface area contributed by atoms with Crippen LogP contribution in [0.25, 0.3) is 0 Å². The van der Waals surface area contributed by atoms with Crippen molar-refractivity contribution in [1.29, 1.82) is 0 Å². The molecule has 16 heavy (non-hydrogen) atoms. The van der Waals surface area contributed by atoms with E-state index in [2.05, 4.69) is 17.1 Å². The van der Waals surface area contributed by atoms with Gasteiger partial charge in [-0.15, -0.1) is 0 Å². The number of nitrogens with one attached hydrogen (secondary N) is 1. The molecule has 2 rings (SSSR count). The zero-order chi connectivity index (χ0) is 11.5. The molecule has 3 nitrogen and oxygen atoms in total. The summed E-state index contributed by atoms with van der Waals surface area (Å²) in [5.74, 6) is -0.0538. The molecule has 1 aliphatic rings. The van der Waals surface area contributed by atoms with E-state index in [1.807, 2.05) is 43.6 Å². The lowest BCUT2D eigenvalue weighted by atomic mass is 10.2. The van der Waals surface area contributed by atoms with Crippen LogP contribution in [0.2, 0.25) is 0 Å². The van der Waals surface area contributed by atoms with Gasteiger partial charge in [0.05, 0.1) is 10.4 Å². The zero-order valence-corrected chi connectivity index (χ0v) is 10.1. The fourth-order valence-corrected chi connectivity index (χ4v) is 2.40. The van der Waals surface area contributed by atoms with Crippen LogP contribution in [0.3, 0.4) is 0 Å². The second-order valence-corrected chi connectivity index (χ2v) is 5.05. The topological polar surface area (TPSA) is 32.3 Å². The van der Waals surface area contributed by atoms with Crippen LogP contribution in [-0.2, 0) is 0 Å². The van der Waals surface area contributed by atoms with Gasteiger partial charge in [-0.2, -0.15) is 0 Å². The molecule has 1 aliphatic heterocycles. The molecule has 1 aromatic rings. The van der Waals surface area contributed by atoms with Crippen LogP contribution < -0.4 is 5.32 Å². The van der Waals surface area contributed by atoms with Gasteiger partial charge in [0.2, 0.25) is 0 Å².